The van der Waals surface area contributed by atoms with Crippen LogP contribution < -0.4 is 0 Å². The van der Waals surface area contributed by atoms with Crippen molar-refractivity contribution in [1.29, 1.82) is 0 Å². The Morgan fingerprint density at radius 1 is 1.03 bits per heavy atom. The molecule has 0 aliphatic heterocycles. The van der Waals surface area contributed by atoms with E-state index in [-0.39, 0.29) is 12.1 Å². The molecule has 0 saturated heterocycles. The normalized spacial score (nSPS) is 14.8. The first kappa shape index (κ1) is 19.0. The number of halogens is 2. The fourth-order valence-electron chi connectivity index (χ4n) is 4.50. The minimum atomic E-state index is -0.836. The number of nitrogens with zero attached hydrogens (tertiary/aromatic N) is 4. The van der Waals surface area contributed by atoms with Crippen LogP contribution in [-0.2, 0) is 13.0 Å². The Balaban J connectivity index is 1.49. The van der Waals surface area contributed by atoms with Crippen LogP contribution >= 0.6 is 0 Å². The molecule has 0 unspecified atom stereocenters. The van der Waals surface area contributed by atoms with E-state index in [2.05, 4.69) is 34.9 Å². The molecule has 0 spiro atoms. The fraction of sp³-hybridized carbons (Fsp3) is 0.333. The van der Waals surface area contributed by atoms with Crippen molar-refractivity contribution in [2.45, 2.75) is 51.6 Å². The van der Waals surface area contributed by atoms with Crippen molar-refractivity contribution >= 4 is 10.9 Å². The highest BCUT2D eigenvalue weighted by Crippen LogP contribution is 2.34. The van der Waals surface area contributed by atoms with Crippen LogP contribution in [0.4, 0.5) is 8.78 Å². The van der Waals surface area contributed by atoms with Gasteiger partial charge in [0.1, 0.15) is 0 Å². The maximum Gasteiger partial charge on any atom is 0.163 e. The molecule has 2 aromatic carbocycles. The van der Waals surface area contributed by atoms with E-state index in [1.807, 2.05) is 6.07 Å². The summed E-state index contributed by atoms with van der Waals surface area (Å²) in [5.41, 5.74) is 4.39. The van der Waals surface area contributed by atoms with Gasteiger partial charge in [0.15, 0.2) is 11.6 Å². The predicted molar refractivity (Wildman–Crippen MR) is 113 cm³/mol. The summed E-state index contributed by atoms with van der Waals surface area (Å²) in [5.74, 6) is -1.65. The lowest BCUT2D eigenvalue weighted by molar-refractivity contribution is 0.478. The Labute approximate surface area is 174 Å². The molecule has 4 aromatic rings. The highest BCUT2D eigenvalue weighted by Gasteiger charge is 2.21. The molecular formula is C24H24F2N4. The summed E-state index contributed by atoms with van der Waals surface area (Å²) in [6.07, 6.45) is 7.58. The van der Waals surface area contributed by atoms with Gasteiger partial charge in [-0.2, -0.15) is 10.2 Å². The maximum absolute atomic E-state index is 14.0. The van der Waals surface area contributed by atoms with Gasteiger partial charge in [-0.05, 0) is 37.5 Å². The third kappa shape index (κ3) is 3.30. The van der Waals surface area contributed by atoms with Crippen LogP contribution in [0.5, 0.6) is 0 Å². The molecule has 6 heteroatoms. The van der Waals surface area contributed by atoms with Gasteiger partial charge in [0.05, 0.1) is 29.5 Å². The summed E-state index contributed by atoms with van der Waals surface area (Å²) < 4.78 is 31.3. The third-order valence-corrected chi connectivity index (χ3v) is 6.09. The minimum Gasteiger partial charge on any atom is -0.268 e. The molecule has 0 amide bonds. The van der Waals surface area contributed by atoms with Crippen molar-refractivity contribution in [2.24, 2.45) is 0 Å². The zero-order chi connectivity index (χ0) is 20.7. The van der Waals surface area contributed by atoms with E-state index in [0.717, 1.165) is 35.0 Å². The molecule has 154 valence electrons. The molecule has 0 atom stereocenters. The summed E-state index contributed by atoms with van der Waals surface area (Å²) in [7, 11) is 0. The molecule has 1 fully saturated rings. The molecular weight excluding hydrogens is 382 g/mol. The standard InChI is InChI=1S/C24H24F2N4/c1-2-21-19-11-10-16(14-23(19)30(28-21)18-7-3-4-8-18)22-12-13-29(27-22)15-17-6-5-9-20(25)24(17)26/h5-6,9-14,18H,2-4,7-8,15H2,1H3. The van der Waals surface area contributed by atoms with Crippen molar-refractivity contribution in [2.75, 3.05) is 0 Å². The molecule has 1 saturated carbocycles. The maximum atomic E-state index is 14.0. The number of hydrogen-bond donors (Lipinski definition) is 0. The number of fused-ring (bicyclic) bond motifs is 1. The van der Waals surface area contributed by atoms with Gasteiger partial charge in [-0.3, -0.25) is 9.36 Å². The fourth-order valence-corrected chi connectivity index (χ4v) is 4.50. The van der Waals surface area contributed by atoms with E-state index in [0.29, 0.717) is 6.04 Å². The molecule has 2 aromatic heterocycles. The van der Waals surface area contributed by atoms with Gasteiger partial charge < -0.3 is 0 Å². The molecule has 5 rings (SSSR count). The van der Waals surface area contributed by atoms with Crippen LogP contribution in [0.3, 0.4) is 0 Å². The second-order valence-corrected chi connectivity index (χ2v) is 8.03. The molecule has 1 aliphatic carbocycles. The SMILES string of the molecule is CCc1nn(C2CCCC2)c2cc(-c3ccn(Cc4cccc(F)c4F)n3)ccc12. The average molecular weight is 406 g/mol. The van der Waals surface area contributed by atoms with Crippen LogP contribution in [0.25, 0.3) is 22.2 Å². The van der Waals surface area contributed by atoms with E-state index >= 15 is 0 Å². The Morgan fingerprint density at radius 2 is 1.87 bits per heavy atom. The molecule has 4 nitrogen and oxygen atoms in total. The first-order valence-electron chi connectivity index (χ1n) is 10.6. The number of aryl methyl sites for hydroxylation is 1. The average Bonchev–Trinajstić information content (AvgIpc) is 3.50. The van der Waals surface area contributed by atoms with Crippen molar-refractivity contribution in [3.63, 3.8) is 0 Å². The Bertz CT molecular complexity index is 1200. The lowest BCUT2D eigenvalue weighted by Gasteiger charge is -2.11. The zero-order valence-corrected chi connectivity index (χ0v) is 17.0. The monoisotopic (exact) mass is 406 g/mol. The van der Waals surface area contributed by atoms with Crippen LogP contribution in [-0.4, -0.2) is 19.6 Å². The van der Waals surface area contributed by atoms with Gasteiger partial charge in [0.25, 0.3) is 0 Å². The molecule has 0 radical (unpaired) electrons. The minimum absolute atomic E-state index is 0.186. The largest absolute Gasteiger partial charge is 0.268 e. The zero-order valence-electron chi connectivity index (χ0n) is 17.0. The Hall–Kier alpha value is -3.02. The second-order valence-electron chi connectivity index (χ2n) is 8.03. The van der Waals surface area contributed by atoms with E-state index in [9.17, 15) is 8.78 Å². The van der Waals surface area contributed by atoms with E-state index in [1.165, 1.54) is 37.1 Å². The van der Waals surface area contributed by atoms with Gasteiger partial charge in [0.2, 0.25) is 0 Å². The highest BCUT2D eigenvalue weighted by atomic mass is 19.2. The quantitative estimate of drug-likeness (QED) is 0.413. The lowest BCUT2D eigenvalue weighted by Crippen LogP contribution is -2.06. The first-order chi connectivity index (χ1) is 14.6. The summed E-state index contributed by atoms with van der Waals surface area (Å²) in [6, 6.07) is 13.0. The van der Waals surface area contributed by atoms with E-state index in [1.54, 1.807) is 16.9 Å². The third-order valence-electron chi connectivity index (χ3n) is 6.09. The van der Waals surface area contributed by atoms with Crippen LogP contribution in [0.1, 0.15) is 49.9 Å². The molecule has 30 heavy (non-hydrogen) atoms. The number of aromatic nitrogens is 4. The first-order valence-corrected chi connectivity index (χ1v) is 10.6. The number of benzene rings is 2. The summed E-state index contributed by atoms with van der Waals surface area (Å²) >= 11 is 0. The van der Waals surface area contributed by atoms with Gasteiger partial charge in [-0.15, -0.1) is 0 Å². The van der Waals surface area contributed by atoms with Gasteiger partial charge in [-0.1, -0.05) is 44.0 Å². The Kier molecular flexibility index (Phi) is 4.85. The van der Waals surface area contributed by atoms with Crippen LogP contribution in [0.15, 0.2) is 48.7 Å². The van der Waals surface area contributed by atoms with E-state index < -0.39 is 11.6 Å². The van der Waals surface area contributed by atoms with Crippen LogP contribution in [0, 0.1) is 11.6 Å². The van der Waals surface area contributed by atoms with E-state index in [4.69, 9.17) is 5.10 Å². The smallest absolute Gasteiger partial charge is 0.163 e. The molecule has 0 N–H and O–H groups in total. The highest BCUT2D eigenvalue weighted by molar-refractivity contribution is 5.86. The summed E-state index contributed by atoms with van der Waals surface area (Å²) in [4.78, 5) is 0. The summed E-state index contributed by atoms with van der Waals surface area (Å²) in [5, 5.41) is 10.7. The molecule has 2 heterocycles. The number of rotatable bonds is 5. The lowest BCUT2D eigenvalue weighted by atomic mass is 10.1. The Morgan fingerprint density at radius 3 is 2.67 bits per heavy atom. The molecule has 1 aliphatic rings. The van der Waals surface area contributed by atoms with Crippen molar-refractivity contribution in [1.82, 2.24) is 19.6 Å². The van der Waals surface area contributed by atoms with Crippen molar-refractivity contribution < 1.29 is 8.78 Å². The van der Waals surface area contributed by atoms with Gasteiger partial charge in [-0.25, -0.2) is 8.78 Å². The second kappa shape index (κ2) is 7.67. The van der Waals surface area contributed by atoms with Crippen molar-refractivity contribution in [3.8, 4) is 11.3 Å². The van der Waals surface area contributed by atoms with Crippen LogP contribution in [0.2, 0.25) is 0 Å². The van der Waals surface area contributed by atoms with Crippen molar-refractivity contribution in [3.05, 3.63) is 71.6 Å². The molecule has 0 bridgehead atoms. The predicted octanol–water partition coefficient (Wildman–Crippen LogP) is 5.90. The van der Waals surface area contributed by atoms with Gasteiger partial charge in [0, 0.05) is 22.7 Å². The van der Waals surface area contributed by atoms with Gasteiger partial charge >= 0.3 is 0 Å². The topological polar surface area (TPSA) is 35.6 Å². The number of hydrogen-bond acceptors (Lipinski definition) is 2. The summed E-state index contributed by atoms with van der Waals surface area (Å²) in [6.45, 7) is 2.33.